The smallest absolute Gasteiger partial charge is 0.0747 e. The third kappa shape index (κ3) is 2.37. The number of alkyl halides is 2. The van der Waals surface area contributed by atoms with Crippen LogP contribution in [0.1, 0.15) is 11.5 Å². The van der Waals surface area contributed by atoms with Crippen molar-refractivity contribution >= 4 is 31.9 Å². The highest BCUT2D eigenvalue weighted by Gasteiger charge is 2.19. The van der Waals surface area contributed by atoms with E-state index in [9.17, 15) is 0 Å². The molecule has 0 radical (unpaired) electrons. The number of allylic oxidation sites excluding steroid dienone is 4. The molecule has 0 amide bonds. The molecule has 0 nitrogen and oxygen atoms in total. The third-order valence-electron chi connectivity index (χ3n) is 2.24. The Morgan fingerprint density at radius 3 is 2.07 bits per heavy atom. The lowest BCUT2D eigenvalue weighted by atomic mass is 9.95. The van der Waals surface area contributed by atoms with Crippen LogP contribution in [0.4, 0.5) is 0 Å². The van der Waals surface area contributed by atoms with E-state index < -0.39 is 0 Å². The van der Waals surface area contributed by atoms with Gasteiger partial charge in [0.2, 0.25) is 0 Å². The summed E-state index contributed by atoms with van der Waals surface area (Å²) in [7, 11) is 0. The molecule has 1 aliphatic carbocycles. The van der Waals surface area contributed by atoms with E-state index in [2.05, 4.69) is 80.4 Å². The molecule has 1 aromatic rings. The SMILES string of the molecule is BrC1(Br)C=CC(c2ccccc2)C=C1. The second-order valence-corrected chi connectivity index (χ2v) is 7.02. The minimum Gasteiger partial charge on any atom is -0.0747 e. The van der Waals surface area contributed by atoms with Gasteiger partial charge in [0.05, 0.1) is 0 Å². The molecule has 0 heterocycles. The molecule has 0 fully saturated rings. The Kier molecular flexibility index (Phi) is 2.93. The first-order chi connectivity index (χ1) is 6.67. The van der Waals surface area contributed by atoms with Crippen LogP contribution in [0.2, 0.25) is 0 Å². The fourth-order valence-electron chi connectivity index (χ4n) is 1.48. The Labute approximate surface area is 101 Å². The van der Waals surface area contributed by atoms with Crippen molar-refractivity contribution in [1.82, 2.24) is 0 Å². The van der Waals surface area contributed by atoms with Gasteiger partial charge in [-0.15, -0.1) is 0 Å². The van der Waals surface area contributed by atoms with E-state index in [1.54, 1.807) is 0 Å². The minimum atomic E-state index is -0.148. The molecular weight excluding hydrogens is 304 g/mol. The van der Waals surface area contributed by atoms with Crippen LogP contribution in [0, 0.1) is 0 Å². The highest BCUT2D eigenvalue weighted by Crippen LogP contribution is 2.36. The minimum absolute atomic E-state index is 0.148. The van der Waals surface area contributed by atoms with E-state index in [0.717, 1.165) is 0 Å². The van der Waals surface area contributed by atoms with Crippen LogP contribution in [0.15, 0.2) is 54.6 Å². The second-order valence-electron chi connectivity index (χ2n) is 3.33. The maximum atomic E-state index is 3.54. The number of hydrogen-bond donors (Lipinski definition) is 0. The first kappa shape index (κ1) is 10.2. The average molecular weight is 314 g/mol. The van der Waals surface area contributed by atoms with Gasteiger partial charge in [0.1, 0.15) is 3.23 Å². The van der Waals surface area contributed by atoms with Gasteiger partial charge in [-0.1, -0.05) is 86.5 Å². The Balaban J connectivity index is 2.22. The molecule has 0 saturated heterocycles. The van der Waals surface area contributed by atoms with Crippen LogP contribution in [0.3, 0.4) is 0 Å². The highest BCUT2D eigenvalue weighted by molar-refractivity contribution is 9.25. The number of hydrogen-bond acceptors (Lipinski definition) is 0. The molecule has 0 bridgehead atoms. The molecular formula is C12H10Br2. The summed E-state index contributed by atoms with van der Waals surface area (Å²) < 4.78 is -0.148. The lowest BCUT2D eigenvalue weighted by Crippen LogP contribution is -2.07. The van der Waals surface area contributed by atoms with Crippen LogP contribution >= 0.6 is 31.9 Å². The van der Waals surface area contributed by atoms with Crippen molar-refractivity contribution in [3.8, 4) is 0 Å². The summed E-state index contributed by atoms with van der Waals surface area (Å²) in [5.74, 6) is 0.402. The van der Waals surface area contributed by atoms with Crippen LogP contribution in [-0.2, 0) is 0 Å². The number of halogens is 2. The third-order valence-corrected chi connectivity index (χ3v) is 3.29. The molecule has 1 aromatic carbocycles. The molecule has 0 aromatic heterocycles. The topological polar surface area (TPSA) is 0 Å². The van der Waals surface area contributed by atoms with Crippen molar-refractivity contribution < 1.29 is 0 Å². The predicted octanol–water partition coefficient (Wildman–Crippen LogP) is 4.38. The summed E-state index contributed by atoms with van der Waals surface area (Å²) in [6, 6.07) is 10.5. The lowest BCUT2D eigenvalue weighted by molar-refractivity contribution is 1.03. The molecule has 0 aliphatic heterocycles. The van der Waals surface area contributed by atoms with Gasteiger partial charge in [0, 0.05) is 5.92 Å². The summed E-state index contributed by atoms with van der Waals surface area (Å²) >= 11 is 7.07. The molecule has 1 aliphatic rings. The zero-order valence-corrected chi connectivity index (χ0v) is 10.7. The van der Waals surface area contributed by atoms with Gasteiger partial charge in [-0.2, -0.15) is 0 Å². The standard InChI is InChI=1S/C12H10Br2/c13-12(14)8-6-11(7-9-12)10-4-2-1-3-5-10/h1-9,11H. The van der Waals surface area contributed by atoms with Gasteiger partial charge in [0.15, 0.2) is 0 Å². The normalized spacial score (nSPS) is 19.9. The second kappa shape index (κ2) is 4.03. The molecule has 0 spiro atoms. The van der Waals surface area contributed by atoms with Crippen molar-refractivity contribution in [2.24, 2.45) is 0 Å². The summed E-state index contributed by atoms with van der Waals surface area (Å²) in [6.45, 7) is 0. The zero-order valence-electron chi connectivity index (χ0n) is 7.53. The van der Waals surface area contributed by atoms with Crippen molar-refractivity contribution in [2.45, 2.75) is 9.15 Å². The van der Waals surface area contributed by atoms with Crippen LogP contribution in [0.25, 0.3) is 0 Å². The molecule has 0 unspecified atom stereocenters. The van der Waals surface area contributed by atoms with Crippen molar-refractivity contribution in [2.75, 3.05) is 0 Å². The summed E-state index contributed by atoms with van der Waals surface area (Å²) in [5, 5.41) is 0. The van der Waals surface area contributed by atoms with Gasteiger partial charge in [-0.25, -0.2) is 0 Å². The Morgan fingerprint density at radius 1 is 0.929 bits per heavy atom. The van der Waals surface area contributed by atoms with Gasteiger partial charge < -0.3 is 0 Å². The van der Waals surface area contributed by atoms with Crippen molar-refractivity contribution in [3.05, 3.63) is 60.2 Å². The van der Waals surface area contributed by atoms with Gasteiger partial charge >= 0.3 is 0 Å². The lowest BCUT2D eigenvalue weighted by Gasteiger charge is -2.19. The largest absolute Gasteiger partial charge is 0.116 e. The van der Waals surface area contributed by atoms with Gasteiger partial charge in [-0.05, 0) is 5.56 Å². The van der Waals surface area contributed by atoms with E-state index in [1.807, 2.05) is 6.07 Å². The van der Waals surface area contributed by atoms with E-state index >= 15 is 0 Å². The zero-order chi connectivity index (χ0) is 10.0. The average Bonchev–Trinajstić information content (AvgIpc) is 2.19. The molecule has 2 heteroatoms. The predicted molar refractivity (Wildman–Crippen MR) is 68.0 cm³/mol. The van der Waals surface area contributed by atoms with Crippen LogP contribution < -0.4 is 0 Å². The summed E-state index contributed by atoms with van der Waals surface area (Å²) in [5.41, 5.74) is 1.33. The number of benzene rings is 1. The van der Waals surface area contributed by atoms with Gasteiger partial charge in [-0.3, -0.25) is 0 Å². The molecule has 72 valence electrons. The summed E-state index contributed by atoms with van der Waals surface area (Å²) in [4.78, 5) is 0. The fourth-order valence-corrected chi connectivity index (χ4v) is 2.09. The van der Waals surface area contributed by atoms with E-state index in [1.165, 1.54) is 5.56 Å². The molecule has 14 heavy (non-hydrogen) atoms. The van der Waals surface area contributed by atoms with E-state index in [0.29, 0.717) is 5.92 Å². The maximum Gasteiger partial charge on any atom is 0.116 e. The fraction of sp³-hybridized carbons (Fsp3) is 0.167. The molecule has 2 rings (SSSR count). The first-order valence-corrected chi connectivity index (χ1v) is 6.07. The van der Waals surface area contributed by atoms with E-state index in [-0.39, 0.29) is 3.23 Å². The van der Waals surface area contributed by atoms with Gasteiger partial charge in [0.25, 0.3) is 0 Å². The quantitative estimate of drug-likeness (QED) is 0.533. The van der Waals surface area contributed by atoms with E-state index in [4.69, 9.17) is 0 Å². The van der Waals surface area contributed by atoms with Crippen LogP contribution in [0.5, 0.6) is 0 Å². The maximum absolute atomic E-state index is 3.54. The Hall–Kier alpha value is -0.340. The first-order valence-electron chi connectivity index (χ1n) is 4.49. The molecule has 0 saturated carbocycles. The Morgan fingerprint density at radius 2 is 1.50 bits per heavy atom. The van der Waals surface area contributed by atoms with Crippen molar-refractivity contribution in [3.63, 3.8) is 0 Å². The number of rotatable bonds is 1. The van der Waals surface area contributed by atoms with Crippen molar-refractivity contribution in [1.29, 1.82) is 0 Å². The Bertz CT molecular complexity index is 347. The van der Waals surface area contributed by atoms with Crippen LogP contribution in [-0.4, -0.2) is 3.23 Å². The summed E-state index contributed by atoms with van der Waals surface area (Å²) in [6.07, 6.45) is 8.62. The highest BCUT2D eigenvalue weighted by atomic mass is 79.9. The molecule has 0 N–H and O–H groups in total. The monoisotopic (exact) mass is 312 g/mol. The molecule has 0 atom stereocenters.